The van der Waals surface area contributed by atoms with E-state index >= 15 is 0 Å². The van der Waals surface area contributed by atoms with E-state index in [4.69, 9.17) is 10.5 Å². The van der Waals surface area contributed by atoms with Gasteiger partial charge in [-0.15, -0.1) is 0 Å². The van der Waals surface area contributed by atoms with Gasteiger partial charge < -0.3 is 20.7 Å². The first-order chi connectivity index (χ1) is 13.4. The summed E-state index contributed by atoms with van der Waals surface area (Å²) in [5.41, 5.74) is 4.24. The van der Waals surface area contributed by atoms with E-state index < -0.39 is 30.1 Å². The highest BCUT2D eigenvalue weighted by atomic mass is 16.6. The molecule has 1 aliphatic heterocycles. The third kappa shape index (κ3) is 2.87. The van der Waals surface area contributed by atoms with Gasteiger partial charge >= 0.3 is 0 Å². The highest BCUT2D eigenvalue weighted by molar-refractivity contribution is 5.89. The van der Waals surface area contributed by atoms with Gasteiger partial charge in [-0.3, -0.25) is 19.1 Å². The number of nitrogens with zero attached hydrogens (tertiary/aromatic N) is 3. The van der Waals surface area contributed by atoms with E-state index in [0.29, 0.717) is 0 Å². The number of hydrogen-bond acceptors (Lipinski definition) is 8. The second-order valence-corrected chi connectivity index (χ2v) is 6.72. The van der Waals surface area contributed by atoms with Crippen LogP contribution in [0.25, 0.3) is 11.2 Å². The van der Waals surface area contributed by atoms with Crippen molar-refractivity contribution in [3.8, 4) is 0 Å². The maximum Gasteiger partial charge on any atom is 0.280 e. The standard InChI is InChI=1S/C18H19N5O5/c19-17-21-15-14(16(27)22-17)20-9-23(15)18(7-11(25)12(8-24)28-18)13(26)6-10-4-2-1-3-5-10/h1-5,9,11-12,24-25H,6-8H2,(H3,19,21,22,27)/t11-,12+,18-/m0/s1. The molecule has 1 aliphatic rings. The molecule has 0 spiro atoms. The molecule has 0 bridgehead atoms. The Morgan fingerprint density at radius 3 is 2.82 bits per heavy atom. The number of carbonyl (C=O) groups is 1. The summed E-state index contributed by atoms with van der Waals surface area (Å²) >= 11 is 0. The van der Waals surface area contributed by atoms with Crippen molar-refractivity contribution in [1.82, 2.24) is 19.5 Å². The van der Waals surface area contributed by atoms with Crippen molar-refractivity contribution >= 4 is 22.9 Å². The molecule has 0 radical (unpaired) electrons. The number of ether oxygens (including phenoxy) is 1. The highest BCUT2D eigenvalue weighted by Gasteiger charge is 2.53. The number of nitrogen functional groups attached to an aromatic ring is 1. The predicted molar refractivity (Wildman–Crippen MR) is 98.3 cm³/mol. The Morgan fingerprint density at radius 2 is 2.14 bits per heavy atom. The number of Topliss-reactive ketones (excluding diaryl/α,β-unsaturated/α-hetero) is 1. The van der Waals surface area contributed by atoms with Crippen LogP contribution in [-0.4, -0.2) is 54.3 Å². The average Bonchev–Trinajstić information content (AvgIpc) is 3.24. The Hall–Kier alpha value is -3.08. The number of H-pyrrole nitrogens is 1. The van der Waals surface area contributed by atoms with Gasteiger partial charge in [-0.25, -0.2) is 4.98 Å². The normalized spacial score (nSPS) is 24.6. The van der Waals surface area contributed by atoms with Crippen LogP contribution >= 0.6 is 0 Å². The summed E-state index contributed by atoms with van der Waals surface area (Å²) in [6.45, 7) is -0.468. The van der Waals surface area contributed by atoms with Crippen molar-refractivity contribution in [3.05, 3.63) is 52.6 Å². The van der Waals surface area contributed by atoms with Crippen LogP contribution in [0, 0.1) is 0 Å². The molecule has 0 saturated carbocycles. The van der Waals surface area contributed by atoms with Crippen LogP contribution in [0.5, 0.6) is 0 Å². The van der Waals surface area contributed by atoms with Crippen molar-refractivity contribution in [1.29, 1.82) is 0 Å². The van der Waals surface area contributed by atoms with E-state index in [1.165, 1.54) is 10.9 Å². The van der Waals surface area contributed by atoms with E-state index in [1.807, 2.05) is 18.2 Å². The molecule has 3 atom stereocenters. The number of carbonyl (C=O) groups excluding carboxylic acids is 1. The largest absolute Gasteiger partial charge is 0.394 e. The van der Waals surface area contributed by atoms with Gasteiger partial charge in [-0.05, 0) is 5.56 Å². The van der Waals surface area contributed by atoms with Crippen LogP contribution < -0.4 is 11.3 Å². The SMILES string of the molecule is Nc1nc2c(ncn2[C@@]2(C(=O)Cc3ccccc3)C[C@H](O)[C@@H](CO)O2)c(=O)[nH]1. The molecule has 4 rings (SSSR count). The third-order valence-electron chi connectivity index (χ3n) is 4.90. The average molecular weight is 385 g/mol. The molecule has 0 aliphatic carbocycles. The number of nitrogens with two attached hydrogens (primary N) is 1. The van der Waals surface area contributed by atoms with Crippen LogP contribution in [0.1, 0.15) is 12.0 Å². The lowest BCUT2D eigenvalue weighted by atomic mass is 9.96. The number of aliphatic hydroxyl groups is 2. The minimum absolute atomic E-state index is 0.00776. The number of hydrogen-bond donors (Lipinski definition) is 4. The van der Waals surface area contributed by atoms with Crippen molar-refractivity contribution in [2.45, 2.75) is 30.8 Å². The topological polar surface area (TPSA) is 156 Å². The zero-order valence-electron chi connectivity index (χ0n) is 14.8. The Labute approximate surface area is 158 Å². The highest BCUT2D eigenvalue weighted by Crippen LogP contribution is 2.38. The molecule has 146 valence electrons. The molecular weight excluding hydrogens is 366 g/mol. The molecule has 3 aromatic rings. The van der Waals surface area contributed by atoms with Crippen LogP contribution in [0.3, 0.4) is 0 Å². The van der Waals surface area contributed by atoms with Crippen molar-refractivity contribution in [2.24, 2.45) is 0 Å². The first kappa shape index (κ1) is 18.3. The number of aliphatic hydroxyl groups excluding tert-OH is 2. The Kier molecular flexibility index (Phi) is 4.46. The number of fused-ring (bicyclic) bond motifs is 1. The number of rotatable bonds is 5. The second-order valence-electron chi connectivity index (χ2n) is 6.72. The molecule has 0 unspecified atom stereocenters. The number of benzene rings is 1. The lowest BCUT2D eigenvalue weighted by molar-refractivity contribution is -0.160. The van der Waals surface area contributed by atoms with Gasteiger partial charge in [0.1, 0.15) is 12.4 Å². The summed E-state index contributed by atoms with van der Waals surface area (Å²) in [6.07, 6.45) is -0.881. The summed E-state index contributed by atoms with van der Waals surface area (Å²) in [5, 5.41) is 19.9. The van der Waals surface area contributed by atoms with Gasteiger partial charge in [-0.1, -0.05) is 30.3 Å². The number of anilines is 1. The third-order valence-corrected chi connectivity index (χ3v) is 4.90. The number of aromatic amines is 1. The van der Waals surface area contributed by atoms with Gasteiger partial charge in [-0.2, -0.15) is 4.98 Å². The maximum atomic E-state index is 13.3. The maximum absolute atomic E-state index is 13.3. The number of nitrogens with one attached hydrogen (secondary N) is 1. The molecular formula is C18H19N5O5. The molecule has 28 heavy (non-hydrogen) atoms. The summed E-state index contributed by atoms with van der Waals surface area (Å²) in [5.74, 6) is -0.504. The summed E-state index contributed by atoms with van der Waals surface area (Å²) < 4.78 is 7.17. The Bertz CT molecular complexity index is 1080. The number of aromatic nitrogens is 4. The fourth-order valence-electron chi connectivity index (χ4n) is 3.53. The minimum Gasteiger partial charge on any atom is -0.394 e. The van der Waals surface area contributed by atoms with E-state index in [2.05, 4.69) is 15.0 Å². The van der Waals surface area contributed by atoms with E-state index in [0.717, 1.165) is 5.56 Å². The summed E-state index contributed by atoms with van der Waals surface area (Å²) in [6, 6.07) is 9.06. The van der Waals surface area contributed by atoms with Crippen LogP contribution in [0.15, 0.2) is 41.5 Å². The van der Waals surface area contributed by atoms with E-state index in [9.17, 15) is 19.8 Å². The Morgan fingerprint density at radius 1 is 1.39 bits per heavy atom. The van der Waals surface area contributed by atoms with Crippen LogP contribution in [-0.2, 0) is 21.7 Å². The predicted octanol–water partition coefficient (Wildman–Crippen LogP) is -0.692. The van der Waals surface area contributed by atoms with Crippen molar-refractivity contribution in [3.63, 3.8) is 0 Å². The fraction of sp³-hybridized carbons (Fsp3) is 0.333. The molecule has 1 saturated heterocycles. The van der Waals surface area contributed by atoms with Gasteiger partial charge in [0, 0.05) is 12.8 Å². The van der Waals surface area contributed by atoms with Gasteiger partial charge in [0.25, 0.3) is 5.56 Å². The summed E-state index contributed by atoms with van der Waals surface area (Å²) in [7, 11) is 0. The first-order valence-corrected chi connectivity index (χ1v) is 8.72. The van der Waals surface area contributed by atoms with Gasteiger partial charge in [0.15, 0.2) is 16.9 Å². The monoisotopic (exact) mass is 385 g/mol. The zero-order chi connectivity index (χ0) is 19.9. The zero-order valence-corrected chi connectivity index (χ0v) is 14.8. The molecule has 1 aromatic carbocycles. The molecule has 3 heterocycles. The lowest BCUT2D eigenvalue weighted by Crippen LogP contribution is -2.43. The number of imidazole rings is 1. The molecule has 2 aromatic heterocycles. The van der Waals surface area contributed by atoms with Gasteiger partial charge in [0.2, 0.25) is 11.7 Å². The summed E-state index contributed by atoms with van der Waals surface area (Å²) in [4.78, 5) is 35.9. The van der Waals surface area contributed by atoms with Crippen LogP contribution in [0.2, 0.25) is 0 Å². The smallest absolute Gasteiger partial charge is 0.280 e. The van der Waals surface area contributed by atoms with Crippen molar-refractivity contribution < 1.29 is 19.7 Å². The molecule has 0 amide bonds. The molecule has 1 fully saturated rings. The lowest BCUT2D eigenvalue weighted by Gasteiger charge is -2.29. The van der Waals surface area contributed by atoms with Crippen LogP contribution in [0.4, 0.5) is 5.95 Å². The molecule has 10 nitrogen and oxygen atoms in total. The molecule has 5 N–H and O–H groups in total. The first-order valence-electron chi connectivity index (χ1n) is 8.72. The fourth-order valence-corrected chi connectivity index (χ4v) is 3.53. The Balaban J connectivity index is 1.85. The minimum atomic E-state index is -1.68. The van der Waals surface area contributed by atoms with Gasteiger partial charge in [0.05, 0.1) is 12.7 Å². The quantitative estimate of drug-likeness (QED) is 0.449. The van der Waals surface area contributed by atoms with E-state index in [1.54, 1.807) is 12.1 Å². The number of ketones is 1. The van der Waals surface area contributed by atoms with Crippen molar-refractivity contribution in [2.75, 3.05) is 12.3 Å². The molecule has 10 heteroatoms. The van der Waals surface area contributed by atoms with E-state index in [-0.39, 0.29) is 35.7 Å². The second kappa shape index (κ2) is 6.82.